The van der Waals surface area contributed by atoms with Gasteiger partial charge in [0.1, 0.15) is 11.6 Å². The molecule has 2 rings (SSSR count). The van der Waals surface area contributed by atoms with Crippen molar-refractivity contribution in [3.05, 3.63) is 63.7 Å². The third-order valence-corrected chi connectivity index (χ3v) is 2.88. The topological polar surface area (TPSA) is 64.4 Å². The molecule has 5 nitrogen and oxygen atoms in total. The van der Waals surface area contributed by atoms with Gasteiger partial charge in [0.15, 0.2) is 0 Å². The van der Waals surface area contributed by atoms with Crippen LogP contribution >= 0.6 is 0 Å². The molecule has 0 amide bonds. The zero-order chi connectivity index (χ0) is 15.4. The SMILES string of the molecule is COc1ccc(CNc2cc([N+](=O)[O-])c(F)cc2F)cc1. The molecule has 0 aliphatic heterocycles. The van der Waals surface area contributed by atoms with Crippen molar-refractivity contribution in [2.24, 2.45) is 0 Å². The van der Waals surface area contributed by atoms with E-state index in [-0.39, 0.29) is 12.2 Å². The Hall–Kier alpha value is -2.70. The van der Waals surface area contributed by atoms with E-state index in [4.69, 9.17) is 4.74 Å². The number of ether oxygens (including phenoxy) is 1. The number of nitro groups is 1. The first-order valence-electron chi connectivity index (χ1n) is 6.01. The molecule has 0 aromatic heterocycles. The second-order valence-electron chi connectivity index (χ2n) is 4.24. The maximum absolute atomic E-state index is 13.6. The molecule has 0 unspecified atom stereocenters. The number of nitrogens with zero attached hydrogens (tertiary/aromatic N) is 1. The van der Waals surface area contributed by atoms with Gasteiger partial charge in [0, 0.05) is 18.7 Å². The summed E-state index contributed by atoms with van der Waals surface area (Å²) in [6.45, 7) is 0.240. The van der Waals surface area contributed by atoms with Gasteiger partial charge in [-0.1, -0.05) is 12.1 Å². The Kier molecular flexibility index (Phi) is 4.32. The molecule has 0 atom stereocenters. The Morgan fingerprint density at radius 3 is 2.43 bits per heavy atom. The number of rotatable bonds is 5. The van der Waals surface area contributed by atoms with Crippen LogP contribution in [0.4, 0.5) is 20.2 Å². The summed E-state index contributed by atoms with van der Waals surface area (Å²) in [6, 6.07) is 8.34. The van der Waals surface area contributed by atoms with Gasteiger partial charge in [-0.2, -0.15) is 4.39 Å². The highest BCUT2D eigenvalue weighted by molar-refractivity contribution is 5.53. The molecular formula is C14H12F2N2O3. The van der Waals surface area contributed by atoms with Crippen LogP contribution in [0, 0.1) is 21.7 Å². The Morgan fingerprint density at radius 2 is 1.86 bits per heavy atom. The summed E-state index contributed by atoms with van der Waals surface area (Å²) in [5.74, 6) is -1.40. The summed E-state index contributed by atoms with van der Waals surface area (Å²) in [5.41, 5.74) is -0.0743. The van der Waals surface area contributed by atoms with Crippen molar-refractivity contribution in [3.63, 3.8) is 0 Å². The van der Waals surface area contributed by atoms with Crippen LogP contribution < -0.4 is 10.1 Å². The van der Waals surface area contributed by atoms with Gasteiger partial charge in [0.2, 0.25) is 5.82 Å². The second-order valence-corrected chi connectivity index (χ2v) is 4.24. The van der Waals surface area contributed by atoms with E-state index in [1.54, 1.807) is 31.4 Å². The van der Waals surface area contributed by atoms with Gasteiger partial charge < -0.3 is 10.1 Å². The smallest absolute Gasteiger partial charge is 0.307 e. The number of nitrogens with one attached hydrogen (secondary N) is 1. The van der Waals surface area contributed by atoms with Crippen LogP contribution in [0.25, 0.3) is 0 Å². The van der Waals surface area contributed by atoms with E-state index >= 15 is 0 Å². The number of halogens is 2. The average molecular weight is 294 g/mol. The van der Waals surface area contributed by atoms with Crippen molar-refractivity contribution in [2.75, 3.05) is 12.4 Å². The molecule has 0 aliphatic carbocycles. The molecule has 0 fully saturated rings. The highest BCUT2D eigenvalue weighted by Crippen LogP contribution is 2.25. The van der Waals surface area contributed by atoms with Crippen LogP contribution in [0.3, 0.4) is 0 Å². The van der Waals surface area contributed by atoms with Crippen LogP contribution in [0.2, 0.25) is 0 Å². The van der Waals surface area contributed by atoms with E-state index in [2.05, 4.69) is 5.32 Å². The van der Waals surface area contributed by atoms with Crippen molar-refractivity contribution in [3.8, 4) is 5.75 Å². The molecule has 2 aromatic rings. The normalized spacial score (nSPS) is 10.2. The monoisotopic (exact) mass is 294 g/mol. The first-order chi connectivity index (χ1) is 10.0. The molecule has 0 heterocycles. The van der Waals surface area contributed by atoms with Crippen LogP contribution in [0.1, 0.15) is 5.56 Å². The Labute approximate surface area is 119 Å². The van der Waals surface area contributed by atoms with Crippen LogP contribution in [0.5, 0.6) is 5.75 Å². The lowest BCUT2D eigenvalue weighted by Crippen LogP contribution is -2.03. The first-order valence-corrected chi connectivity index (χ1v) is 6.01. The molecule has 0 saturated carbocycles. The van der Waals surface area contributed by atoms with Crippen molar-refractivity contribution in [2.45, 2.75) is 6.54 Å². The summed E-state index contributed by atoms with van der Waals surface area (Å²) in [4.78, 5) is 9.74. The van der Waals surface area contributed by atoms with Gasteiger partial charge in [-0.05, 0) is 17.7 Å². The second kappa shape index (κ2) is 6.17. The minimum absolute atomic E-state index is 0.126. The predicted octanol–water partition coefficient (Wildman–Crippen LogP) is 3.49. The standard InChI is InChI=1S/C14H12F2N2O3/c1-21-10-4-2-9(3-5-10)8-17-13-7-14(18(19)20)12(16)6-11(13)15/h2-7,17H,8H2,1H3. The summed E-state index contributed by atoms with van der Waals surface area (Å²) in [7, 11) is 1.54. The Bertz CT molecular complexity index is 660. The summed E-state index contributed by atoms with van der Waals surface area (Å²) in [5, 5.41) is 13.3. The molecule has 21 heavy (non-hydrogen) atoms. The molecule has 110 valence electrons. The highest BCUT2D eigenvalue weighted by atomic mass is 19.1. The average Bonchev–Trinajstić information content (AvgIpc) is 2.46. The third kappa shape index (κ3) is 3.44. The molecule has 0 radical (unpaired) electrons. The van der Waals surface area contributed by atoms with Crippen molar-refractivity contribution >= 4 is 11.4 Å². The lowest BCUT2D eigenvalue weighted by molar-refractivity contribution is -0.387. The number of benzene rings is 2. The van der Waals surface area contributed by atoms with Gasteiger partial charge in [-0.25, -0.2) is 4.39 Å². The van der Waals surface area contributed by atoms with Crippen LogP contribution in [-0.2, 0) is 6.54 Å². The summed E-state index contributed by atoms with van der Waals surface area (Å²) < 4.78 is 31.8. The maximum Gasteiger partial charge on any atom is 0.307 e. The molecule has 0 aliphatic rings. The zero-order valence-corrected chi connectivity index (χ0v) is 11.1. The van der Waals surface area contributed by atoms with Crippen molar-refractivity contribution in [1.29, 1.82) is 0 Å². The summed E-state index contributed by atoms with van der Waals surface area (Å²) in [6.07, 6.45) is 0. The minimum Gasteiger partial charge on any atom is -0.497 e. The van der Waals surface area contributed by atoms with Crippen molar-refractivity contribution in [1.82, 2.24) is 0 Å². The van der Waals surface area contributed by atoms with Crippen LogP contribution in [-0.4, -0.2) is 12.0 Å². The zero-order valence-electron chi connectivity index (χ0n) is 11.1. The Morgan fingerprint density at radius 1 is 1.19 bits per heavy atom. The molecule has 1 N–H and O–H groups in total. The fourth-order valence-electron chi connectivity index (χ4n) is 1.75. The third-order valence-electron chi connectivity index (χ3n) is 2.88. The molecule has 0 saturated heterocycles. The molecule has 7 heteroatoms. The van der Waals surface area contributed by atoms with Gasteiger partial charge in [0.05, 0.1) is 17.7 Å². The quantitative estimate of drug-likeness (QED) is 0.677. The number of anilines is 1. The van der Waals surface area contributed by atoms with Gasteiger partial charge in [0.25, 0.3) is 0 Å². The van der Waals surface area contributed by atoms with Crippen LogP contribution in [0.15, 0.2) is 36.4 Å². The number of hydrogen-bond donors (Lipinski definition) is 1. The van der Waals surface area contributed by atoms with Crippen molar-refractivity contribution < 1.29 is 18.4 Å². The van der Waals surface area contributed by atoms with Gasteiger partial charge >= 0.3 is 5.69 Å². The van der Waals surface area contributed by atoms with E-state index in [0.29, 0.717) is 11.8 Å². The molecule has 0 bridgehead atoms. The van der Waals surface area contributed by atoms with E-state index in [1.807, 2.05) is 0 Å². The Balaban J connectivity index is 2.15. The number of methoxy groups -OCH3 is 1. The predicted molar refractivity (Wildman–Crippen MR) is 73.3 cm³/mol. The lowest BCUT2D eigenvalue weighted by atomic mass is 10.2. The van der Waals surface area contributed by atoms with E-state index in [1.165, 1.54) is 0 Å². The molecule has 2 aromatic carbocycles. The highest BCUT2D eigenvalue weighted by Gasteiger charge is 2.18. The molecular weight excluding hydrogens is 282 g/mol. The van der Waals surface area contributed by atoms with E-state index in [9.17, 15) is 18.9 Å². The van der Waals surface area contributed by atoms with E-state index in [0.717, 1.165) is 11.6 Å². The minimum atomic E-state index is -1.20. The molecule has 0 spiro atoms. The number of hydrogen-bond acceptors (Lipinski definition) is 4. The largest absolute Gasteiger partial charge is 0.497 e. The fourth-order valence-corrected chi connectivity index (χ4v) is 1.75. The number of nitro benzene ring substituents is 1. The van der Waals surface area contributed by atoms with E-state index < -0.39 is 22.2 Å². The lowest BCUT2D eigenvalue weighted by Gasteiger charge is -2.08. The first kappa shape index (κ1) is 14.7. The maximum atomic E-state index is 13.6. The van der Waals surface area contributed by atoms with Gasteiger partial charge in [-0.3, -0.25) is 10.1 Å². The summed E-state index contributed by atoms with van der Waals surface area (Å²) >= 11 is 0. The van der Waals surface area contributed by atoms with Gasteiger partial charge in [-0.15, -0.1) is 0 Å². The fraction of sp³-hybridized carbons (Fsp3) is 0.143.